The van der Waals surface area contributed by atoms with Gasteiger partial charge in [-0.3, -0.25) is 4.99 Å². The Morgan fingerprint density at radius 1 is 1.04 bits per heavy atom. The summed E-state index contributed by atoms with van der Waals surface area (Å²) >= 11 is 0. The van der Waals surface area contributed by atoms with Crippen LogP contribution in [0.3, 0.4) is 0 Å². The molecule has 0 bridgehead atoms. The molecule has 0 aliphatic carbocycles. The third-order valence-corrected chi connectivity index (χ3v) is 3.79. The molecule has 0 aliphatic heterocycles. The van der Waals surface area contributed by atoms with E-state index >= 15 is 0 Å². The minimum Gasteiger partial charge on any atom is -0.496 e. The number of guanidine groups is 1. The third-order valence-electron chi connectivity index (χ3n) is 3.79. The first kappa shape index (κ1) is 22.9. The molecule has 0 heterocycles. The van der Waals surface area contributed by atoms with Gasteiger partial charge in [-0.1, -0.05) is 19.1 Å². The van der Waals surface area contributed by atoms with Crippen LogP contribution in [-0.4, -0.2) is 33.3 Å². The van der Waals surface area contributed by atoms with Crippen LogP contribution in [0.25, 0.3) is 0 Å². The van der Waals surface area contributed by atoms with Crippen LogP contribution >= 0.6 is 24.0 Å². The van der Waals surface area contributed by atoms with Crippen molar-refractivity contribution in [3.63, 3.8) is 0 Å². The van der Waals surface area contributed by atoms with E-state index in [9.17, 15) is 0 Å². The number of nitrogens with one attached hydrogen (secondary N) is 1. The van der Waals surface area contributed by atoms with Crippen LogP contribution in [0, 0.1) is 0 Å². The van der Waals surface area contributed by atoms with Crippen molar-refractivity contribution in [1.29, 1.82) is 0 Å². The number of nitrogens with zero attached hydrogens (tertiary/aromatic N) is 1. The second-order valence-corrected chi connectivity index (χ2v) is 5.70. The monoisotopic (exact) mass is 485 g/mol. The van der Waals surface area contributed by atoms with Crippen LogP contribution < -0.4 is 25.3 Å². The number of anilines is 1. The maximum Gasteiger partial charge on any atom is 0.193 e. The van der Waals surface area contributed by atoms with E-state index < -0.39 is 0 Å². The molecule has 6 nitrogen and oxygen atoms in total. The van der Waals surface area contributed by atoms with Gasteiger partial charge in [-0.25, -0.2) is 0 Å². The third kappa shape index (κ3) is 7.94. The summed E-state index contributed by atoms with van der Waals surface area (Å²) in [6.45, 7) is 3.22. The molecule has 148 valence electrons. The second kappa shape index (κ2) is 12.3. The van der Waals surface area contributed by atoms with Gasteiger partial charge in [0.05, 0.1) is 20.8 Å². The molecule has 2 aromatic rings. The van der Waals surface area contributed by atoms with Crippen LogP contribution in [0.15, 0.2) is 47.5 Å². The molecule has 0 atom stereocenters. The molecule has 27 heavy (non-hydrogen) atoms. The van der Waals surface area contributed by atoms with Crippen LogP contribution in [0.4, 0.5) is 5.69 Å². The van der Waals surface area contributed by atoms with Crippen molar-refractivity contribution in [2.75, 3.05) is 32.7 Å². The van der Waals surface area contributed by atoms with Crippen molar-refractivity contribution in [3.8, 4) is 17.2 Å². The Morgan fingerprint density at radius 3 is 2.33 bits per heavy atom. The number of aryl methyl sites for hydroxylation is 1. The summed E-state index contributed by atoms with van der Waals surface area (Å²) in [7, 11) is 3.22. The fourth-order valence-corrected chi connectivity index (χ4v) is 2.38. The Bertz CT molecular complexity index is 716. The lowest BCUT2D eigenvalue weighted by Crippen LogP contribution is -2.23. The number of hydrogen-bond acceptors (Lipinski definition) is 4. The van der Waals surface area contributed by atoms with E-state index in [1.807, 2.05) is 24.3 Å². The first-order valence-electron chi connectivity index (χ1n) is 8.66. The van der Waals surface area contributed by atoms with Crippen LogP contribution in [0.5, 0.6) is 17.2 Å². The fourth-order valence-electron chi connectivity index (χ4n) is 2.38. The fraction of sp³-hybridized carbons (Fsp3) is 0.350. The Kier molecular flexibility index (Phi) is 10.4. The number of nitrogens with two attached hydrogens (primary N) is 1. The first-order chi connectivity index (χ1) is 12.6. The maximum absolute atomic E-state index is 5.93. The smallest absolute Gasteiger partial charge is 0.193 e. The molecule has 0 spiro atoms. The predicted molar refractivity (Wildman–Crippen MR) is 121 cm³/mol. The van der Waals surface area contributed by atoms with Crippen molar-refractivity contribution in [2.24, 2.45) is 10.7 Å². The molecular weight excluding hydrogens is 457 g/mol. The second-order valence-electron chi connectivity index (χ2n) is 5.70. The number of hydrogen-bond donors (Lipinski definition) is 2. The normalized spacial score (nSPS) is 10.7. The topological polar surface area (TPSA) is 78.1 Å². The first-order valence-corrected chi connectivity index (χ1v) is 8.66. The zero-order valence-electron chi connectivity index (χ0n) is 16.0. The summed E-state index contributed by atoms with van der Waals surface area (Å²) in [4.78, 5) is 4.33. The SMILES string of the molecule is CCc1cccc(NC(N)=NCCCOc2cc(OC)cc(OC)c2)c1.I. The van der Waals surface area contributed by atoms with Crippen LogP contribution in [0.1, 0.15) is 18.9 Å². The lowest BCUT2D eigenvalue weighted by molar-refractivity contribution is 0.307. The highest BCUT2D eigenvalue weighted by Crippen LogP contribution is 2.27. The van der Waals surface area contributed by atoms with Gasteiger partial charge >= 0.3 is 0 Å². The molecule has 0 amide bonds. The van der Waals surface area contributed by atoms with Gasteiger partial charge in [0.15, 0.2) is 5.96 Å². The van der Waals surface area contributed by atoms with E-state index in [4.69, 9.17) is 19.9 Å². The summed E-state index contributed by atoms with van der Waals surface area (Å²) < 4.78 is 16.2. The van der Waals surface area contributed by atoms with Gasteiger partial charge in [-0.05, 0) is 24.1 Å². The maximum atomic E-state index is 5.93. The van der Waals surface area contributed by atoms with E-state index in [1.54, 1.807) is 20.3 Å². The van der Waals surface area contributed by atoms with Gasteiger partial charge in [0.25, 0.3) is 0 Å². The Labute approximate surface area is 178 Å². The standard InChI is InChI=1S/C20H27N3O3.HI/c1-4-15-7-5-8-16(11-15)23-20(21)22-9-6-10-26-19-13-17(24-2)12-18(14-19)25-3;/h5,7-8,11-14H,4,6,9-10H2,1-3H3,(H3,21,22,23);1H. The van der Waals surface area contributed by atoms with E-state index in [0.717, 1.165) is 18.5 Å². The van der Waals surface area contributed by atoms with Crippen molar-refractivity contribution < 1.29 is 14.2 Å². The van der Waals surface area contributed by atoms with Gasteiger partial charge in [0, 0.05) is 36.9 Å². The summed E-state index contributed by atoms with van der Waals surface area (Å²) in [5.41, 5.74) is 8.14. The minimum absolute atomic E-state index is 0. The van der Waals surface area contributed by atoms with E-state index in [2.05, 4.69) is 29.4 Å². The number of halogens is 1. The Morgan fingerprint density at radius 2 is 1.70 bits per heavy atom. The quantitative estimate of drug-likeness (QED) is 0.242. The van der Waals surface area contributed by atoms with Gasteiger partial charge < -0.3 is 25.3 Å². The van der Waals surface area contributed by atoms with E-state index in [0.29, 0.717) is 36.4 Å². The summed E-state index contributed by atoms with van der Waals surface area (Å²) in [6, 6.07) is 13.6. The average Bonchev–Trinajstić information content (AvgIpc) is 2.67. The zero-order valence-corrected chi connectivity index (χ0v) is 18.4. The van der Waals surface area contributed by atoms with Gasteiger partial charge in [-0.2, -0.15) is 0 Å². The highest BCUT2D eigenvalue weighted by atomic mass is 127. The molecule has 0 saturated carbocycles. The van der Waals surface area contributed by atoms with E-state index in [-0.39, 0.29) is 24.0 Å². The highest BCUT2D eigenvalue weighted by molar-refractivity contribution is 14.0. The summed E-state index contributed by atoms with van der Waals surface area (Å²) in [5, 5.41) is 3.11. The largest absolute Gasteiger partial charge is 0.496 e. The number of ether oxygens (including phenoxy) is 3. The molecule has 0 radical (unpaired) electrons. The van der Waals surface area contributed by atoms with Gasteiger partial charge in [0.1, 0.15) is 17.2 Å². The molecule has 0 unspecified atom stereocenters. The summed E-state index contributed by atoms with van der Waals surface area (Å²) in [5.74, 6) is 2.49. The Balaban J connectivity index is 0.00000364. The van der Waals surface area contributed by atoms with E-state index in [1.165, 1.54) is 5.56 Å². The molecule has 7 heteroatoms. The summed E-state index contributed by atoms with van der Waals surface area (Å²) in [6.07, 6.45) is 1.73. The number of rotatable bonds is 9. The molecule has 0 saturated heterocycles. The molecular formula is C20H28IN3O3. The number of aliphatic imine (C=N–C) groups is 1. The predicted octanol–water partition coefficient (Wildman–Crippen LogP) is 4.08. The molecule has 0 aliphatic rings. The van der Waals surface area contributed by atoms with Gasteiger partial charge in [-0.15, -0.1) is 24.0 Å². The van der Waals surface area contributed by atoms with Crippen molar-refractivity contribution >= 4 is 35.6 Å². The molecule has 0 fully saturated rings. The zero-order chi connectivity index (χ0) is 18.8. The lowest BCUT2D eigenvalue weighted by atomic mass is 10.1. The number of benzene rings is 2. The molecule has 2 rings (SSSR count). The van der Waals surface area contributed by atoms with Crippen molar-refractivity contribution in [3.05, 3.63) is 48.0 Å². The van der Waals surface area contributed by atoms with Crippen molar-refractivity contribution in [2.45, 2.75) is 19.8 Å². The van der Waals surface area contributed by atoms with Crippen LogP contribution in [-0.2, 0) is 6.42 Å². The minimum atomic E-state index is 0. The highest BCUT2D eigenvalue weighted by Gasteiger charge is 2.03. The Hall–Kier alpha value is -2.16. The van der Waals surface area contributed by atoms with Crippen molar-refractivity contribution in [1.82, 2.24) is 0 Å². The lowest BCUT2D eigenvalue weighted by Gasteiger charge is -2.10. The number of methoxy groups -OCH3 is 2. The van der Waals surface area contributed by atoms with Gasteiger partial charge in [0.2, 0.25) is 0 Å². The molecule has 0 aromatic heterocycles. The van der Waals surface area contributed by atoms with Crippen LogP contribution in [0.2, 0.25) is 0 Å². The average molecular weight is 485 g/mol. The molecule has 3 N–H and O–H groups in total. The molecule has 2 aromatic carbocycles.